The fourth-order valence-corrected chi connectivity index (χ4v) is 4.06. The summed E-state index contributed by atoms with van der Waals surface area (Å²) in [7, 11) is 0. The molecule has 0 spiro atoms. The number of likely N-dealkylation sites (tertiary alicyclic amines) is 1. The third-order valence-corrected chi connectivity index (χ3v) is 5.45. The van der Waals surface area contributed by atoms with Crippen molar-refractivity contribution in [1.82, 2.24) is 14.9 Å². The normalized spacial score (nSPS) is 17.7. The highest BCUT2D eigenvalue weighted by Crippen LogP contribution is 2.28. The van der Waals surface area contributed by atoms with Gasteiger partial charge in [0.1, 0.15) is 11.4 Å². The topological polar surface area (TPSA) is 86.3 Å². The highest BCUT2D eigenvalue weighted by molar-refractivity contribution is 5.98. The Kier molecular flexibility index (Phi) is 4.96. The number of rotatable bonds is 5. The Bertz CT molecular complexity index is 1030. The number of carboxylic acid groups (broad SMARTS) is 1. The first kappa shape index (κ1) is 18.4. The third-order valence-electron chi connectivity index (χ3n) is 5.45. The minimum atomic E-state index is -0.957. The number of fused-ring (bicyclic) bond motifs is 1. The number of aromatic nitrogens is 2. The maximum atomic E-state index is 12.8. The summed E-state index contributed by atoms with van der Waals surface area (Å²) in [4.78, 5) is 34.0. The molecular weight excluding hydrogens is 354 g/mol. The molecule has 3 heterocycles. The lowest BCUT2D eigenvalue weighted by atomic mass is 9.91. The summed E-state index contributed by atoms with van der Waals surface area (Å²) in [5.41, 5.74) is 3.45. The molecule has 0 radical (unpaired) electrons. The number of benzene rings is 1. The number of nitrogens with zero attached hydrogens (tertiary/aromatic N) is 2. The zero-order valence-corrected chi connectivity index (χ0v) is 15.8. The second-order valence-corrected chi connectivity index (χ2v) is 7.49. The Morgan fingerprint density at radius 1 is 1.29 bits per heavy atom. The van der Waals surface area contributed by atoms with Crippen molar-refractivity contribution in [2.45, 2.75) is 26.3 Å². The van der Waals surface area contributed by atoms with E-state index in [1.807, 2.05) is 31.2 Å². The number of carbonyl (C=O) groups is 2. The van der Waals surface area contributed by atoms with Crippen LogP contribution in [-0.2, 0) is 6.54 Å². The van der Waals surface area contributed by atoms with Crippen molar-refractivity contribution in [2.75, 3.05) is 13.1 Å². The summed E-state index contributed by atoms with van der Waals surface area (Å²) in [6.07, 6.45) is 3.39. The lowest BCUT2D eigenvalue weighted by Gasteiger charge is -2.31. The number of nitrogens with one attached hydrogen (secondary N) is 1. The number of hydrogen-bond donors (Lipinski definition) is 2. The maximum absolute atomic E-state index is 12.8. The Morgan fingerprint density at radius 2 is 2.14 bits per heavy atom. The van der Waals surface area contributed by atoms with E-state index in [9.17, 15) is 14.7 Å². The van der Waals surface area contributed by atoms with Crippen LogP contribution in [0.25, 0.3) is 10.9 Å². The number of aromatic amines is 1. The highest BCUT2D eigenvalue weighted by atomic mass is 16.4. The molecule has 2 N–H and O–H groups in total. The quantitative estimate of drug-likeness (QED) is 0.663. The van der Waals surface area contributed by atoms with Gasteiger partial charge >= 0.3 is 5.97 Å². The monoisotopic (exact) mass is 377 g/mol. The number of pyridine rings is 1. The van der Waals surface area contributed by atoms with Crippen molar-refractivity contribution in [2.24, 2.45) is 5.92 Å². The van der Waals surface area contributed by atoms with E-state index in [0.717, 1.165) is 41.4 Å². The van der Waals surface area contributed by atoms with Crippen LogP contribution in [0.15, 0.2) is 42.6 Å². The van der Waals surface area contributed by atoms with E-state index in [4.69, 9.17) is 0 Å². The summed E-state index contributed by atoms with van der Waals surface area (Å²) in [5.74, 6) is -0.996. The molecule has 0 aliphatic carbocycles. The van der Waals surface area contributed by atoms with E-state index in [1.165, 1.54) is 0 Å². The smallest absolute Gasteiger partial charge is 0.352 e. The first-order chi connectivity index (χ1) is 13.5. The first-order valence-corrected chi connectivity index (χ1v) is 9.55. The molecule has 4 rings (SSSR count). The van der Waals surface area contributed by atoms with Crippen LogP contribution in [0.3, 0.4) is 0 Å². The molecule has 144 valence electrons. The van der Waals surface area contributed by atoms with Gasteiger partial charge in [0.2, 0.25) is 0 Å². The zero-order valence-electron chi connectivity index (χ0n) is 15.8. The standard InChI is InChI=1S/C22H23N3O3/c1-14-7-8-18-16(11-14)17(20(24-18)22(27)28)13-25-10-4-5-15(12-25)21(26)19-6-2-3-9-23-19/h2-3,6-9,11,15,24H,4-5,10,12-13H2,1H3,(H,27,28)/t15-/m1/s1. The molecule has 0 amide bonds. The molecule has 1 aliphatic rings. The lowest BCUT2D eigenvalue weighted by molar-refractivity contribution is 0.0684. The molecule has 2 aromatic heterocycles. The predicted octanol–water partition coefficient (Wildman–Crippen LogP) is 3.66. The Balaban J connectivity index is 1.59. The predicted molar refractivity (Wildman–Crippen MR) is 107 cm³/mol. The van der Waals surface area contributed by atoms with Crippen LogP contribution in [0.4, 0.5) is 0 Å². The van der Waals surface area contributed by atoms with Gasteiger partial charge in [-0.2, -0.15) is 0 Å². The van der Waals surface area contributed by atoms with Crippen molar-refractivity contribution in [3.63, 3.8) is 0 Å². The van der Waals surface area contributed by atoms with E-state index in [1.54, 1.807) is 18.3 Å². The molecule has 1 atom stereocenters. The van der Waals surface area contributed by atoms with Gasteiger partial charge in [-0.05, 0) is 50.6 Å². The van der Waals surface area contributed by atoms with Crippen molar-refractivity contribution in [3.8, 4) is 0 Å². The number of aryl methyl sites for hydroxylation is 1. The fraction of sp³-hybridized carbons (Fsp3) is 0.318. The third kappa shape index (κ3) is 3.55. The Labute approximate surface area is 163 Å². The Hall–Kier alpha value is -2.99. The second-order valence-electron chi connectivity index (χ2n) is 7.49. The minimum absolute atomic E-state index is 0.0681. The van der Waals surface area contributed by atoms with Crippen LogP contribution in [0.2, 0.25) is 0 Å². The van der Waals surface area contributed by atoms with Gasteiger partial charge in [-0.25, -0.2) is 4.79 Å². The van der Waals surface area contributed by atoms with E-state index < -0.39 is 5.97 Å². The number of carbonyl (C=O) groups excluding carboxylic acids is 1. The molecule has 28 heavy (non-hydrogen) atoms. The summed E-state index contributed by atoms with van der Waals surface area (Å²) in [6.45, 7) is 3.98. The van der Waals surface area contributed by atoms with Crippen LogP contribution in [0, 0.1) is 12.8 Å². The van der Waals surface area contributed by atoms with Crippen molar-refractivity contribution in [3.05, 3.63) is 65.1 Å². The summed E-state index contributed by atoms with van der Waals surface area (Å²) < 4.78 is 0. The maximum Gasteiger partial charge on any atom is 0.352 e. The van der Waals surface area contributed by atoms with Gasteiger partial charge in [-0.3, -0.25) is 14.7 Å². The van der Waals surface area contributed by atoms with Crippen molar-refractivity contribution in [1.29, 1.82) is 0 Å². The Morgan fingerprint density at radius 3 is 2.89 bits per heavy atom. The second kappa shape index (κ2) is 7.56. The van der Waals surface area contributed by atoms with E-state index in [0.29, 0.717) is 18.8 Å². The molecular formula is C22H23N3O3. The van der Waals surface area contributed by atoms with E-state index in [2.05, 4.69) is 14.9 Å². The fourth-order valence-electron chi connectivity index (χ4n) is 4.06. The van der Waals surface area contributed by atoms with Gasteiger partial charge in [0.25, 0.3) is 0 Å². The molecule has 6 heteroatoms. The van der Waals surface area contributed by atoms with Gasteiger partial charge in [-0.1, -0.05) is 17.7 Å². The molecule has 1 aromatic carbocycles. The van der Waals surface area contributed by atoms with Crippen molar-refractivity contribution >= 4 is 22.7 Å². The average Bonchev–Trinajstić information content (AvgIpc) is 3.06. The van der Waals surface area contributed by atoms with Gasteiger partial charge in [0.15, 0.2) is 5.78 Å². The van der Waals surface area contributed by atoms with Crippen LogP contribution in [0.1, 0.15) is 44.9 Å². The van der Waals surface area contributed by atoms with Crippen LogP contribution >= 0.6 is 0 Å². The lowest BCUT2D eigenvalue weighted by Crippen LogP contribution is -2.38. The number of carboxylic acids is 1. The molecule has 3 aromatic rings. The van der Waals surface area contributed by atoms with Crippen LogP contribution in [-0.4, -0.2) is 44.8 Å². The van der Waals surface area contributed by atoms with E-state index >= 15 is 0 Å². The van der Waals surface area contributed by atoms with Crippen LogP contribution in [0.5, 0.6) is 0 Å². The molecule has 0 bridgehead atoms. The molecule has 6 nitrogen and oxygen atoms in total. The zero-order chi connectivity index (χ0) is 19.7. The molecule has 1 saturated heterocycles. The molecule has 1 aliphatic heterocycles. The number of piperidine rings is 1. The van der Waals surface area contributed by atoms with E-state index in [-0.39, 0.29) is 17.4 Å². The summed E-state index contributed by atoms with van der Waals surface area (Å²) in [5, 5.41) is 10.6. The average molecular weight is 377 g/mol. The highest BCUT2D eigenvalue weighted by Gasteiger charge is 2.29. The van der Waals surface area contributed by atoms with Gasteiger partial charge in [-0.15, -0.1) is 0 Å². The van der Waals surface area contributed by atoms with Gasteiger partial charge < -0.3 is 10.1 Å². The number of ketones is 1. The molecule has 0 saturated carbocycles. The largest absolute Gasteiger partial charge is 0.477 e. The van der Waals surface area contributed by atoms with Crippen molar-refractivity contribution < 1.29 is 14.7 Å². The number of Topliss-reactive ketones (excluding diaryl/α,β-unsaturated/α-hetero) is 1. The summed E-state index contributed by atoms with van der Waals surface area (Å²) >= 11 is 0. The number of hydrogen-bond acceptors (Lipinski definition) is 4. The molecule has 0 unspecified atom stereocenters. The van der Waals surface area contributed by atoms with Gasteiger partial charge in [0.05, 0.1) is 0 Å². The number of H-pyrrole nitrogens is 1. The molecule has 1 fully saturated rings. The first-order valence-electron chi connectivity index (χ1n) is 9.55. The summed E-state index contributed by atoms with van der Waals surface area (Å²) in [6, 6.07) is 11.3. The SMILES string of the molecule is Cc1ccc2[nH]c(C(=O)O)c(CN3CCC[C@@H](C(=O)c4ccccn4)C3)c2c1. The minimum Gasteiger partial charge on any atom is -0.477 e. The number of aromatic carboxylic acids is 1. The van der Waals surface area contributed by atoms with Crippen LogP contribution < -0.4 is 0 Å². The van der Waals surface area contributed by atoms with Gasteiger partial charge in [0, 0.05) is 41.7 Å².